The fourth-order valence-electron chi connectivity index (χ4n) is 3.78. The van der Waals surface area contributed by atoms with Gasteiger partial charge in [-0.2, -0.15) is 5.10 Å². The highest BCUT2D eigenvalue weighted by atomic mass is 32.1. The van der Waals surface area contributed by atoms with Gasteiger partial charge < -0.3 is 25.8 Å². The quantitative estimate of drug-likeness (QED) is 0.171. The Morgan fingerprint density at radius 3 is 2.58 bits per heavy atom. The average molecular weight is 510 g/mol. The van der Waals surface area contributed by atoms with Crippen LogP contribution in [0, 0.1) is 0 Å². The summed E-state index contributed by atoms with van der Waals surface area (Å²) < 4.78 is 5.24. The number of hydrogen-bond acceptors (Lipinski definition) is 6. The molecule has 0 saturated carbocycles. The number of benzene rings is 2. The van der Waals surface area contributed by atoms with Crippen molar-refractivity contribution in [2.24, 2.45) is 5.10 Å². The molecule has 0 fully saturated rings. The number of nitrogens with one attached hydrogen (secondary N) is 4. The minimum absolute atomic E-state index is 0.0392. The van der Waals surface area contributed by atoms with Gasteiger partial charge in [0.15, 0.2) is 5.11 Å². The standard InChI is InChI=1S/C26H31N5O4S/c1-6-35-23(33)20-15(2)28-24(34)30-21(20)16-12-17(22(32)19(13-16)26(3,4)5)14-27-31-25(36)29-18-10-8-7-9-11-18/h7-14,21,32H,6H2,1-5H3,(H2,28,30,34)(H2,29,31,36)/b27-14+. The van der Waals surface area contributed by atoms with Gasteiger partial charge in [-0.25, -0.2) is 9.59 Å². The zero-order chi connectivity index (χ0) is 26.5. The molecular weight excluding hydrogens is 478 g/mol. The summed E-state index contributed by atoms with van der Waals surface area (Å²) in [7, 11) is 0. The molecule has 10 heteroatoms. The summed E-state index contributed by atoms with van der Waals surface area (Å²) in [5, 5.41) is 23.9. The van der Waals surface area contributed by atoms with Crippen molar-refractivity contribution in [3.63, 3.8) is 0 Å². The van der Waals surface area contributed by atoms with Crippen LogP contribution in [0.2, 0.25) is 0 Å². The Bertz CT molecular complexity index is 1220. The molecule has 1 unspecified atom stereocenters. The van der Waals surface area contributed by atoms with Crippen molar-refractivity contribution in [1.29, 1.82) is 0 Å². The van der Waals surface area contributed by atoms with E-state index in [1.165, 1.54) is 6.21 Å². The Morgan fingerprint density at radius 2 is 1.94 bits per heavy atom. The Labute approximate surface area is 216 Å². The Balaban J connectivity index is 1.98. The summed E-state index contributed by atoms with van der Waals surface area (Å²) in [5.74, 6) is -0.496. The van der Waals surface area contributed by atoms with Gasteiger partial charge in [0.05, 0.1) is 24.4 Å². The maximum atomic E-state index is 12.8. The number of allylic oxidation sites excluding steroid dienone is 1. The monoisotopic (exact) mass is 509 g/mol. The number of anilines is 1. The first-order chi connectivity index (χ1) is 17.0. The van der Waals surface area contributed by atoms with Crippen LogP contribution in [-0.2, 0) is 14.9 Å². The van der Waals surface area contributed by atoms with Crippen molar-refractivity contribution in [2.75, 3.05) is 11.9 Å². The van der Waals surface area contributed by atoms with Gasteiger partial charge in [0, 0.05) is 22.5 Å². The third-order valence-electron chi connectivity index (χ3n) is 5.47. The molecule has 9 nitrogen and oxygen atoms in total. The average Bonchev–Trinajstić information content (AvgIpc) is 2.79. The number of amides is 2. The number of urea groups is 1. The maximum Gasteiger partial charge on any atom is 0.338 e. The lowest BCUT2D eigenvalue weighted by Gasteiger charge is -2.30. The van der Waals surface area contributed by atoms with E-state index in [4.69, 9.17) is 17.0 Å². The molecule has 2 aromatic rings. The third kappa shape index (κ3) is 6.39. The molecule has 0 aromatic heterocycles. The second-order valence-electron chi connectivity index (χ2n) is 9.24. The van der Waals surface area contributed by atoms with Gasteiger partial charge in [0.25, 0.3) is 0 Å². The predicted octanol–water partition coefficient (Wildman–Crippen LogP) is 4.20. The summed E-state index contributed by atoms with van der Waals surface area (Å²) in [6.45, 7) is 9.43. The zero-order valence-corrected chi connectivity index (χ0v) is 21.7. The molecule has 2 aromatic carbocycles. The van der Waals surface area contributed by atoms with E-state index < -0.39 is 23.5 Å². The van der Waals surface area contributed by atoms with Gasteiger partial charge in [-0.3, -0.25) is 5.43 Å². The fourth-order valence-corrected chi connectivity index (χ4v) is 3.95. The van der Waals surface area contributed by atoms with Crippen molar-refractivity contribution in [2.45, 2.75) is 46.1 Å². The molecule has 0 radical (unpaired) electrons. The summed E-state index contributed by atoms with van der Waals surface area (Å²) >= 11 is 5.28. The number of ether oxygens (including phenoxy) is 1. The molecule has 0 aliphatic carbocycles. The summed E-state index contributed by atoms with van der Waals surface area (Å²) in [6, 6.07) is 11.6. The number of phenols is 1. The molecular formula is C26H31N5O4S. The van der Waals surface area contributed by atoms with Gasteiger partial charge in [-0.1, -0.05) is 39.0 Å². The second-order valence-corrected chi connectivity index (χ2v) is 9.65. The van der Waals surface area contributed by atoms with Gasteiger partial charge in [0.1, 0.15) is 5.75 Å². The lowest BCUT2D eigenvalue weighted by Crippen LogP contribution is -2.45. The number of rotatable bonds is 6. The number of para-hydroxylation sites is 1. The number of carbonyl (C=O) groups is 2. The van der Waals surface area contributed by atoms with Crippen LogP contribution in [0.4, 0.5) is 10.5 Å². The SMILES string of the molecule is CCOC(=O)C1=C(C)NC(=O)NC1c1cc(/C=N/NC(=S)Nc2ccccc2)c(O)c(C(C)(C)C)c1. The molecule has 1 aliphatic rings. The number of thiocarbonyl (C=S) groups is 1. The van der Waals surface area contributed by atoms with Gasteiger partial charge >= 0.3 is 12.0 Å². The van der Waals surface area contributed by atoms with Crippen LogP contribution in [0.5, 0.6) is 5.75 Å². The first-order valence-electron chi connectivity index (χ1n) is 11.5. The lowest BCUT2D eigenvalue weighted by molar-refractivity contribution is -0.139. The van der Waals surface area contributed by atoms with E-state index in [0.717, 1.165) is 5.69 Å². The molecule has 0 spiro atoms. The molecule has 1 aliphatic heterocycles. The number of hydrogen-bond donors (Lipinski definition) is 5. The number of carbonyl (C=O) groups excluding carboxylic acids is 2. The van der Waals surface area contributed by atoms with Crippen LogP contribution >= 0.6 is 12.2 Å². The number of phenolic OH excluding ortho intramolecular Hbond substituents is 1. The maximum absolute atomic E-state index is 12.8. The molecule has 5 N–H and O–H groups in total. The minimum Gasteiger partial charge on any atom is -0.507 e. The number of aromatic hydroxyl groups is 1. The smallest absolute Gasteiger partial charge is 0.338 e. The molecule has 3 rings (SSSR count). The summed E-state index contributed by atoms with van der Waals surface area (Å²) in [5.41, 5.74) is 5.41. The number of esters is 1. The van der Waals surface area contributed by atoms with E-state index in [1.807, 2.05) is 51.1 Å². The highest BCUT2D eigenvalue weighted by Gasteiger charge is 2.33. The number of nitrogens with zero attached hydrogens (tertiary/aromatic N) is 1. The number of hydrazone groups is 1. The zero-order valence-electron chi connectivity index (χ0n) is 20.9. The molecule has 1 atom stereocenters. The van der Waals surface area contributed by atoms with Crippen LogP contribution in [0.25, 0.3) is 0 Å². The van der Waals surface area contributed by atoms with Gasteiger partial charge in [-0.05, 0) is 61.3 Å². The van der Waals surface area contributed by atoms with Crippen molar-refractivity contribution >= 4 is 41.2 Å². The summed E-state index contributed by atoms with van der Waals surface area (Å²) in [6.07, 6.45) is 1.44. The van der Waals surface area contributed by atoms with Crippen molar-refractivity contribution in [3.05, 3.63) is 70.4 Å². The Morgan fingerprint density at radius 1 is 1.25 bits per heavy atom. The molecule has 190 valence electrons. The van der Waals surface area contributed by atoms with Crippen LogP contribution in [0.3, 0.4) is 0 Å². The van der Waals surface area contributed by atoms with E-state index in [9.17, 15) is 14.7 Å². The van der Waals surface area contributed by atoms with Gasteiger partial charge in [-0.15, -0.1) is 0 Å². The Kier molecular flexibility index (Phi) is 8.31. The molecule has 0 saturated heterocycles. The van der Waals surface area contributed by atoms with Crippen LogP contribution < -0.4 is 21.4 Å². The topological polar surface area (TPSA) is 124 Å². The third-order valence-corrected chi connectivity index (χ3v) is 5.66. The van der Waals surface area contributed by atoms with Crippen molar-refractivity contribution in [1.82, 2.24) is 16.1 Å². The van der Waals surface area contributed by atoms with Crippen LogP contribution in [0.1, 0.15) is 57.4 Å². The fraction of sp³-hybridized carbons (Fsp3) is 0.308. The van der Waals surface area contributed by atoms with Crippen LogP contribution in [0.15, 0.2) is 58.8 Å². The van der Waals surface area contributed by atoms with Crippen molar-refractivity contribution in [3.8, 4) is 5.75 Å². The molecule has 1 heterocycles. The minimum atomic E-state index is -0.777. The van der Waals surface area contributed by atoms with E-state index in [0.29, 0.717) is 22.4 Å². The first-order valence-corrected chi connectivity index (χ1v) is 11.9. The van der Waals surface area contributed by atoms with E-state index in [-0.39, 0.29) is 23.0 Å². The normalized spacial score (nSPS) is 15.8. The van der Waals surface area contributed by atoms with E-state index in [2.05, 4.69) is 26.5 Å². The van der Waals surface area contributed by atoms with E-state index in [1.54, 1.807) is 26.0 Å². The molecule has 36 heavy (non-hydrogen) atoms. The second kappa shape index (κ2) is 11.2. The van der Waals surface area contributed by atoms with Crippen molar-refractivity contribution < 1.29 is 19.4 Å². The lowest BCUT2D eigenvalue weighted by atomic mass is 9.82. The molecule has 0 bridgehead atoms. The molecule has 2 amide bonds. The Hall–Kier alpha value is -3.92. The van der Waals surface area contributed by atoms with E-state index >= 15 is 0 Å². The highest BCUT2D eigenvalue weighted by molar-refractivity contribution is 7.80. The van der Waals surface area contributed by atoms with Crippen LogP contribution in [-0.4, -0.2) is 35.0 Å². The predicted molar refractivity (Wildman–Crippen MR) is 144 cm³/mol. The first kappa shape index (κ1) is 26.7. The van der Waals surface area contributed by atoms with Gasteiger partial charge in [0.2, 0.25) is 0 Å². The highest BCUT2D eigenvalue weighted by Crippen LogP contribution is 2.37. The largest absolute Gasteiger partial charge is 0.507 e. The summed E-state index contributed by atoms with van der Waals surface area (Å²) in [4.78, 5) is 25.0.